The Labute approximate surface area is 329 Å². The second kappa shape index (κ2) is 17.6. The highest BCUT2D eigenvalue weighted by Gasteiger charge is 2.28. The normalized spacial score (nSPS) is 16.3. The van der Waals surface area contributed by atoms with Gasteiger partial charge in [-0.25, -0.2) is 4.99 Å². The van der Waals surface area contributed by atoms with Gasteiger partial charge in [0.25, 0.3) is 0 Å². The van der Waals surface area contributed by atoms with Crippen molar-refractivity contribution in [3.63, 3.8) is 0 Å². The average Bonchev–Trinajstić information content (AvgIpc) is 3.56. The summed E-state index contributed by atoms with van der Waals surface area (Å²) in [7, 11) is 0. The van der Waals surface area contributed by atoms with Crippen LogP contribution >= 0.6 is 0 Å². The molecule has 5 aromatic rings. The fourth-order valence-corrected chi connectivity index (χ4v) is 8.41. The number of aromatic nitrogens is 1. The minimum absolute atomic E-state index is 0.232. The lowest BCUT2D eigenvalue weighted by Gasteiger charge is -2.25. The molecular weight excluding hydrogens is 665 g/mol. The van der Waals surface area contributed by atoms with Crippen LogP contribution in [-0.4, -0.2) is 10.3 Å². The SMILES string of the molecule is CC/C=C(\C=C(/CC)[C@@H](C)CC(C)c1c(C2=C(C)C=CCC2)c2ccccc2n1C1=CC(c2ccccc2)=CC=CC(c2ccccc2)=N1)c1ccccc1. The molecule has 4 aromatic carbocycles. The van der Waals surface area contributed by atoms with Crippen LogP contribution in [0, 0.1) is 5.92 Å². The Bertz CT molecular complexity index is 2330. The van der Waals surface area contributed by atoms with E-state index < -0.39 is 0 Å². The summed E-state index contributed by atoms with van der Waals surface area (Å²) in [6.45, 7) is 11.7. The average molecular weight is 719 g/mol. The van der Waals surface area contributed by atoms with Crippen molar-refractivity contribution >= 4 is 39.2 Å². The molecule has 2 heterocycles. The monoisotopic (exact) mass is 718 g/mol. The van der Waals surface area contributed by atoms with Gasteiger partial charge in [0.1, 0.15) is 5.82 Å². The highest BCUT2D eigenvalue weighted by Crippen LogP contribution is 2.45. The fourth-order valence-electron chi connectivity index (χ4n) is 8.41. The number of fused-ring (bicyclic) bond motifs is 1. The summed E-state index contributed by atoms with van der Waals surface area (Å²) in [6.07, 6.45) is 23.5. The number of rotatable bonds is 12. The lowest BCUT2D eigenvalue weighted by molar-refractivity contribution is 0.522. The number of aliphatic imine (C=N–C) groups is 1. The highest BCUT2D eigenvalue weighted by atomic mass is 15.1. The molecule has 0 amide bonds. The summed E-state index contributed by atoms with van der Waals surface area (Å²) in [5.41, 5.74) is 15.2. The van der Waals surface area contributed by atoms with E-state index in [-0.39, 0.29) is 5.92 Å². The zero-order chi connectivity index (χ0) is 38.1. The molecule has 1 aliphatic carbocycles. The summed E-state index contributed by atoms with van der Waals surface area (Å²) in [6, 6.07) is 41.2. The Morgan fingerprint density at radius 1 is 0.800 bits per heavy atom. The molecule has 2 atom stereocenters. The Morgan fingerprint density at radius 2 is 1.47 bits per heavy atom. The van der Waals surface area contributed by atoms with Crippen molar-refractivity contribution in [1.29, 1.82) is 0 Å². The van der Waals surface area contributed by atoms with Gasteiger partial charge in [0, 0.05) is 22.2 Å². The van der Waals surface area contributed by atoms with Crippen molar-refractivity contribution in [2.24, 2.45) is 10.9 Å². The predicted octanol–water partition coefficient (Wildman–Crippen LogP) is 14.7. The third kappa shape index (κ3) is 8.35. The van der Waals surface area contributed by atoms with Crippen molar-refractivity contribution in [1.82, 2.24) is 4.57 Å². The summed E-state index contributed by atoms with van der Waals surface area (Å²) in [5.74, 6) is 1.54. The molecule has 2 aliphatic rings. The molecule has 0 spiro atoms. The van der Waals surface area contributed by atoms with Crippen molar-refractivity contribution in [2.75, 3.05) is 0 Å². The van der Waals surface area contributed by atoms with Crippen LogP contribution in [0.2, 0.25) is 0 Å². The van der Waals surface area contributed by atoms with Gasteiger partial charge in [0.2, 0.25) is 0 Å². The van der Waals surface area contributed by atoms with E-state index in [0.717, 1.165) is 54.8 Å². The number of allylic oxidation sites excluding steroid dienone is 13. The first-order chi connectivity index (χ1) is 27.0. The van der Waals surface area contributed by atoms with Crippen molar-refractivity contribution in [3.8, 4) is 0 Å². The van der Waals surface area contributed by atoms with E-state index in [1.807, 2.05) is 0 Å². The maximum atomic E-state index is 5.61. The van der Waals surface area contributed by atoms with Crippen LogP contribution in [0.3, 0.4) is 0 Å². The van der Waals surface area contributed by atoms with Gasteiger partial charge >= 0.3 is 0 Å². The number of para-hydroxylation sites is 1. The summed E-state index contributed by atoms with van der Waals surface area (Å²) < 4.78 is 2.52. The highest BCUT2D eigenvalue weighted by molar-refractivity contribution is 6.11. The Balaban J connectivity index is 1.44. The van der Waals surface area contributed by atoms with Gasteiger partial charge < -0.3 is 0 Å². The minimum Gasteiger partial charge on any atom is -0.297 e. The molecule has 7 rings (SSSR count). The zero-order valence-corrected chi connectivity index (χ0v) is 33.2. The van der Waals surface area contributed by atoms with E-state index in [4.69, 9.17) is 4.99 Å². The topological polar surface area (TPSA) is 17.3 Å². The lowest BCUT2D eigenvalue weighted by atomic mass is 9.83. The van der Waals surface area contributed by atoms with Crippen LogP contribution in [0.15, 0.2) is 180 Å². The Morgan fingerprint density at radius 3 is 2.16 bits per heavy atom. The molecule has 2 heteroatoms. The molecule has 0 saturated heterocycles. The first-order valence-electron chi connectivity index (χ1n) is 20.2. The van der Waals surface area contributed by atoms with E-state index in [9.17, 15) is 0 Å². The van der Waals surface area contributed by atoms with Gasteiger partial charge in [0.05, 0.1) is 11.2 Å². The molecule has 1 unspecified atom stereocenters. The number of nitrogens with zero attached hydrogens (tertiary/aromatic N) is 2. The van der Waals surface area contributed by atoms with Crippen molar-refractivity contribution in [2.45, 2.75) is 72.6 Å². The lowest BCUT2D eigenvalue weighted by Crippen LogP contribution is -2.13. The van der Waals surface area contributed by atoms with Crippen LogP contribution in [0.5, 0.6) is 0 Å². The summed E-state index contributed by atoms with van der Waals surface area (Å²) in [5, 5.41) is 1.30. The molecule has 1 aliphatic heterocycles. The quantitative estimate of drug-likeness (QED) is 0.114. The first-order valence-corrected chi connectivity index (χ1v) is 20.2. The smallest absolute Gasteiger partial charge is 0.138 e. The molecule has 0 radical (unpaired) electrons. The minimum atomic E-state index is 0.232. The van der Waals surface area contributed by atoms with Gasteiger partial charge in [-0.15, -0.1) is 0 Å². The van der Waals surface area contributed by atoms with Crippen molar-refractivity contribution in [3.05, 3.63) is 203 Å². The predicted molar refractivity (Wildman–Crippen MR) is 239 cm³/mol. The Kier molecular flexibility index (Phi) is 12.0. The fraction of sp³-hybridized carbons (Fsp3) is 0.226. The van der Waals surface area contributed by atoms with Crippen LogP contribution in [-0.2, 0) is 0 Å². The standard InChI is InChI=1S/C53H54N2/c1-6-22-45(42-24-11-8-12-25-42)36-41(7-2)39(4)35-40(5)53-52(47-31-18-17-23-38(47)3)48-32-19-20-34-50(48)55(53)51-37-46(43-26-13-9-14-27-43)30-21-33-49(54-51)44-28-15-10-16-29-44/h8-17,19-30,32-34,36-37,39-40H,6-7,18,31,35H2,1-5H3/b30-21?,33-21?,41-36+,45-22+,46-30?,46-37?,49-33?,51-37?,54-49?,54-51?/t39-,40?/m0/s1. The van der Waals surface area contributed by atoms with Crippen LogP contribution in [0.1, 0.15) is 101 Å². The van der Waals surface area contributed by atoms with Gasteiger partial charge in [-0.05, 0) is 103 Å². The summed E-state index contributed by atoms with van der Waals surface area (Å²) in [4.78, 5) is 5.61. The zero-order valence-electron chi connectivity index (χ0n) is 33.2. The molecule has 0 bridgehead atoms. The van der Waals surface area contributed by atoms with E-state index in [1.54, 1.807) is 0 Å². The van der Waals surface area contributed by atoms with E-state index >= 15 is 0 Å². The van der Waals surface area contributed by atoms with Gasteiger partial charge in [-0.3, -0.25) is 4.57 Å². The van der Waals surface area contributed by atoms with Crippen LogP contribution < -0.4 is 0 Å². The number of benzene rings is 4. The Hall–Kier alpha value is -5.73. The molecule has 0 fully saturated rings. The maximum Gasteiger partial charge on any atom is 0.138 e. The molecule has 55 heavy (non-hydrogen) atoms. The van der Waals surface area contributed by atoms with E-state index in [1.165, 1.54) is 55.6 Å². The van der Waals surface area contributed by atoms with Gasteiger partial charge in [-0.2, -0.15) is 0 Å². The van der Waals surface area contributed by atoms with Crippen LogP contribution in [0.4, 0.5) is 0 Å². The maximum absolute atomic E-state index is 5.61. The van der Waals surface area contributed by atoms with Crippen LogP contribution in [0.25, 0.3) is 33.4 Å². The van der Waals surface area contributed by atoms with Gasteiger partial charge in [-0.1, -0.05) is 179 Å². The van der Waals surface area contributed by atoms with Gasteiger partial charge in [0.15, 0.2) is 0 Å². The first kappa shape index (κ1) is 37.6. The number of hydrogen-bond acceptors (Lipinski definition) is 1. The molecule has 0 N–H and O–H groups in total. The molecule has 276 valence electrons. The van der Waals surface area contributed by atoms with E-state index in [0.29, 0.717) is 5.92 Å². The second-order valence-electron chi connectivity index (χ2n) is 15.0. The third-order valence-electron chi connectivity index (χ3n) is 11.2. The molecule has 2 nitrogen and oxygen atoms in total. The molecule has 1 aromatic heterocycles. The molecule has 0 saturated carbocycles. The molecular formula is C53H54N2. The second-order valence-corrected chi connectivity index (χ2v) is 15.0. The third-order valence-corrected chi connectivity index (χ3v) is 11.2. The largest absolute Gasteiger partial charge is 0.297 e. The summed E-state index contributed by atoms with van der Waals surface area (Å²) >= 11 is 0. The number of hydrogen-bond donors (Lipinski definition) is 0. The van der Waals surface area contributed by atoms with Crippen molar-refractivity contribution < 1.29 is 0 Å². The van der Waals surface area contributed by atoms with E-state index in [2.05, 4.69) is 203 Å².